The smallest absolute Gasteiger partial charge is 0.132 e. The molecule has 0 spiro atoms. The number of hydrogen-bond acceptors (Lipinski definition) is 3. The summed E-state index contributed by atoms with van der Waals surface area (Å²) in [5.74, 6) is 1.11. The zero-order valence-electron chi connectivity index (χ0n) is 13.5. The number of pyridine rings is 1. The lowest BCUT2D eigenvalue weighted by molar-refractivity contribution is 0.642. The van der Waals surface area contributed by atoms with E-state index in [0.717, 1.165) is 43.7 Å². The zero-order valence-corrected chi connectivity index (χ0v) is 13.5. The maximum absolute atomic E-state index is 6.19. The van der Waals surface area contributed by atoms with E-state index in [9.17, 15) is 0 Å². The van der Waals surface area contributed by atoms with Crippen LogP contribution in [0, 0.1) is 0 Å². The number of aromatic nitrogens is 1. The summed E-state index contributed by atoms with van der Waals surface area (Å²) in [6.07, 6.45) is 3.01. The summed E-state index contributed by atoms with van der Waals surface area (Å²) in [6.45, 7) is 8.56. The first-order valence-electron chi connectivity index (χ1n) is 8.08. The number of hydrogen-bond donors (Lipinski definition) is 1. The minimum atomic E-state index is 0.201. The summed E-state index contributed by atoms with van der Waals surface area (Å²) >= 11 is 0. The molecule has 0 bridgehead atoms. The number of benzene rings is 1. The molecule has 1 atom stereocenters. The summed E-state index contributed by atoms with van der Waals surface area (Å²) in [6, 6.07) is 10.8. The highest BCUT2D eigenvalue weighted by atomic mass is 15.2. The van der Waals surface area contributed by atoms with E-state index in [-0.39, 0.29) is 6.04 Å². The van der Waals surface area contributed by atoms with Crippen LogP contribution in [0.3, 0.4) is 0 Å². The molecule has 3 heteroatoms. The first-order chi connectivity index (χ1) is 10.2. The average Bonchev–Trinajstić information content (AvgIpc) is 2.52. The van der Waals surface area contributed by atoms with Gasteiger partial charge in [0.2, 0.25) is 0 Å². The van der Waals surface area contributed by atoms with Crippen molar-refractivity contribution < 1.29 is 0 Å². The molecule has 2 aromatic rings. The van der Waals surface area contributed by atoms with Gasteiger partial charge >= 0.3 is 0 Å². The Kier molecular flexibility index (Phi) is 5.57. The van der Waals surface area contributed by atoms with E-state index in [1.807, 2.05) is 6.07 Å². The molecule has 1 unspecified atom stereocenters. The predicted octanol–water partition coefficient (Wildman–Crippen LogP) is 3.75. The van der Waals surface area contributed by atoms with Crippen LogP contribution in [0.4, 0.5) is 5.82 Å². The average molecular weight is 285 g/mol. The van der Waals surface area contributed by atoms with E-state index in [0.29, 0.717) is 0 Å². The molecule has 0 saturated carbocycles. The number of fused-ring (bicyclic) bond motifs is 1. The molecule has 0 amide bonds. The molecule has 114 valence electrons. The first kappa shape index (κ1) is 15.8. The SMILES string of the molecule is CCCN(CC)c1nc2ccccc2cc1CC(N)CC. The van der Waals surface area contributed by atoms with Crippen LogP contribution < -0.4 is 10.6 Å². The van der Waals surface area contributed by atoms with Gasteiger partial charge in [0.05, 0.1) is 5.52 Å². The molecule has 1 heterocycles. The minimum absolute atomic E-state index is 0.201. The van der Waals surface area contributed by atoms with Crippen molar-refractivity contribution in [2.24, 2.45) is 5.73 Å². The predicted molar refractivity (Wildman–Crippen MR) is 91.9 cm³/mol. The van der Waals surface area contributed by atoms with Gasteiger partial charge in [0, 0.05) is 24.5 Å². The van der Waals surface area contributed by atoms with Gasteiger partial charge in [0.15, 0.2) is 0 Å². The highest BCUT2D eigenvalue weighted by Crippen LogP contribution is 2.25. The molecule has 0 aliphatic carbocycles. The van der Waals surface area contributed by atoms with Crippen LogP contribution in [0.25, 0.3) is 10.9 Å². The molecule has 1 aromatic carbocycles. The fourth-order valence-corrected chi connectivity index (χ4v) is 2.68. The third kappa shape index (κ3) is 3.73. The molecule has 3 nitrogen and oxygen atoms in total. The van der Waals surface area contributed by atoms with Crippen LogP contribution in [-0.2, 0) is 6.42 Å². The second-order valence-corrected chi connectivity index (χ2v) is 5.62. The van der Waals surface area contributed by atoms with Gasteiger partial charge in [-0.05, 0) is 43.9 Å². The quantitative estimate of drug-likeness (QED) is 0.842. The minimum Gasteiger partial charge on any atom is -0.357 e. The second-order valence-electron chi connectivity index (χ2n) is 5.62. The maximum atomic E-state index is 6.19. The number of nitrogens with two attached hydrogens (primary N) is 1. The lowest BCUT2D eigenvalue weighted by Crippen LogP contribution is -2.28. The van der Waals surface area contributed by atoms with Gasteiger partial charge in [-0.15, -0.1) is 0 Å². The molecule has 21 heavy (non-hydrogen) atoms. The lowest BCUT2D eigenvalue weighted by atomic mass is 10.0. The Hall–Kier alpha value is -1.61. The van der Waals surface area contributed by atoms with Gasteiger partial charge in [0.25, 0.3) is 0 Å². The highest BCUT2D eigenvalue weighted by Gasteiger charge is 2.14. The van der Waals surface area contributed by atoms with Crippen molar-refractivity contribution >= 4 is 16.7 Å². The van der Waals surface area contributed by atoms with Crippen molar-refractivity contribution in [1.29, 1.82) is 0 Å². The highest BCUT2D eigenvalue weighted by molar-refractivity contribution is 5.81. The maximum Gasteiger partial charge on any atom is 0.132 e. The van der Waals surface area contributed by atoms with Crippen molar-refractivity contribution in [3.8, 4) is 0 Å². The molecular weight excluding hydrogens is 258 g/mol. The van der Waals surface area contributed by atoms with Crippen LogP contribution in [0.5, 0.6) is 0 Å². The van der Waals surface area contributed by atoms with Gasteiger partial charge in [-0.2, -0.15) is 0 Å². The van der Waals surface area contributed by atoms with Gasteiger partial charge in [-0.1, -0.05) is 32.0 Å². The molecule has 0 fully saturated rings. The molecule has 2 rings (SSSR count). The monoisotopic (exact) mass is 285 g/mol. The summed E-state index contributed by atoms with van der Waals surface area (Å²) < 4.78 is 0. The topological polar surface area (TPSA) is 42.2 Å². The molecule has 0 saturated heterocycles. The number of rotatable bonds is 7. The molecular formula is C18H27N3. The van der Waals surface area contributed by atoms with Crippen LogP contribution in [-0.4, -0.2) is 24.1 Å². The Morgan fingerprint density at radius 3 is 2.62 bits per heavy atom. The van der Waals surface area contributed by atoms with Gasteiger partial charge in [-0.3, -0.25) is 0 Å². The van der Waals surface area contributed by atoms with Crippen LogP contribution in [0.2, 0.25) is 0 Å². The van der Waals surface area contributed by atoms with E-state index >= 15 is 0 Å². The molecule has 0 aliphatic heterocycles. The van der Waals surface area contributed by atoms with E-state index in [1.165, 1.54) is 10.9 Å². The largest absolute Gasteiger partial charge is 0.357 e. The van der Waals surface area contributed by atoms with Crippen molar-refractivity contribution in [1.82, 2.24) is 4.98 Å². The van der Waals surface area contributed by atoms with Crippen molar-refractivity contribution in [2.75, 3.05) is 18.0 Å². The summed E-state index contributed by atoms with van der Waals surface area (Å²) in [7, 11) is 0. The van der Waals surface area contributed by atoms with E-state index in [2.05, 4.69) is 49.9 Å². The first-order valence-corrected chi connectivity index (χ1v) is 8.08. The Labute approximate surface area is 128 Å². The van der Waals surface area contributed by atoms with Crippen LogP contribution in [0.1, 0.15) is 39.2 Å². The number of nitrogens with zero attached hydrogens (tertiary/aromatic N) is 2. The Balaban J connectivity index is 2.49. The van der Waals surface area contributed by atoms with E-state index < -0.39 is 0 Å². The lowest BCUT2D eigenvalue weighted by Gasteiger charge is -2.25. The van der Waals surface area contributed by atoms with Gasteiger partial charge in [0.1, 0.15) is 5.82 Å². The Morgan fingerprint density at radius 1 is 1.19 bits per heavy atom. The number of anilines is 1. The van der Waals surface area contributed by atoms with Crippen LogP contribution in [0.15, 0.2) is 30.3 Å². The summed E-state index contributed by atoms with van der Waals surface area (Å²) in [5, 5.41) is 1.20. The van der Waals surface area contributed by atoms with Gasteiger partial charge in [-0.25, -0.2) is 4.98 Å². The van der Waals surface area contributed by atoms with Crippen molar-refractivity contribution in [3.05, 3.63) is 35.9 Å². The van der Waals surface area contributed by atoms with Gasteiger partial charge < -0.3 is 10.6 Å². The third-order valence-corrected chi connectivity index (χ3v) is 3.96. The van der Waals surface area contributed by atoms with E-state index in [1.54, 1.807) is 0 Å². The molecule has 1 aromatic heterocycles. The van der Waals surface area contributed by atoms with Crippen molar-refractivity contribution in [2.45, 2.75) is 46.1 Å². The molecule has 0 aliphatic rings. The summed E-state index contributed by atoms with van der Waals surface area (Å²) in [4.78, 5) is 7.29. The fourth-order valence-electron chi connectivity index (χ4n) is 2.68. The molecule has 0 radical (unpaired) electrons. The van der Waals surface area contributed by atoms with E-state index in [4.69, 9.17) is 10.7 Å². The van der Waals surface area contributed by atoms with Crippen molar-refractivity contribution in [3.63, 3.8) is 0 Å². The summed E-state index contributed by atoms with van der Waals surface area (Å²) in [5.41, 5.74) is 8.53. The fraction of sp³-hybridized carbons (Fsp3) is 0.500. The molecule has 2 N–H and O–H groups in total. The zero-order chi connectivity index (χ0) is 15.2. The normalized spacial score (nSPS) is 12.6. The Morgan fingerprint density at radius 2 is 1.95 bits per heavy atom. The Bertz CT molecular complexity index is 580. The number of para-hydroxylation sites is 1. The second kappa shape index (κ2) is 7.41. The third-order valence-electron chi connectivity index (χ3n) is 3.96. The standard InChI is InChI=1S/C18H27N3/c1-4-11-21(6-3)18-15(13-16(19)5-2)12-14-9-7-8-10-17(14)20-18/h7-10,12,16H,4-6,11,13,19H2,1-3H3. The van der Waals surface area contributed by atoms with Crippen LogP contribution >= 0.6 is 0 Å².